The van der Waals surface area contributed by atoms with Gasteiger partial charge in [-0.2, -0.15) is 0 Å². The molecule has 0 aromatic heterocycles. The fraction of sp³-hybridized carbons (Fsp3) is 0.857. The second-order valence-corrected chi connectivity index (χ2v) is 6.92. The van der Waals surface area contributed by atoms with Gasteiger partial charge in [0.15, 0.2) is 0 Å². The smallest absolute Gasteiger partial charge is 0.408 e. The minimum absolute atomic E-state index is 0.172. The van der Waals surface area contributed by atoms with Crippen LogP contribution in [0.2, 0.25) is 0 Å². The number of alkyl carbamates (subject to hydrolysis) is 1. The van der Waals surface area contributed by atoms with E-state index in [0.717, 1.165) is 32.1 Å². The number of Topliss-reactive ketones (excluding diaryl/α,β-unsaturated/α-hetero) is 1. The summed E-state index contributed by atoms with van der Waals surface area (Å²) in [6, 6.07) is 0. The second-order valence-electron chi connectivity index (χ2n) is 6.92. The quantitative estimate of drug-likeness (QED) is 0.823. The summed E-state index contributed by atoms with van der Waals surface area (Å²) >= 11 is 0. The van der Waals surface area contributed by atoms with Crippen LogP contribution < -0.4 is 5.32 Å². The van der Waals surface area contributed by atoms with Crippen molar-refractivity contribution in [3.8, 4) is 0 Å². The van der Waals surface area contributed by atoms with Crippen LogP contribution in [0.3, 0.4) is 0 Å². The van der Waals surface area contributed by atoms with Crippen molar-refractivity contribution >= 4 is 11.9 Å². The zero-order valence-electron chi connectivity index (χ0n) is 11.8. The molecule has 4 nitrogen and oxygen atoms in total. The molecule has 0 radical (unpaired) electrons. The number of hydrogen-bond donors (Lipinski definition) is 1. The third-order valence-electron chi connectivity index (χ3n) is 4.35. The highest BCUT2D eigenvalue weighted by molar-refractivity contribution is 5.84. The zero-order valence-corrected chi connectivity index (χ0v) is 11.8. The van der Waals surface area contributed by atoms with Crippen LogP contribution in [-0.4, -0.2) is 23.0 Å². The van der Waals surface area contributed by atoms with E-state index in [1.165, 1.54) is 0 Å². The lowest BCUT2D eigenvalue weighted by Gasteiger charge is -2.29. The van der Waals surface area contributed by atoms with Gasteiger partial charge in [0.1, 0.15) is 11.4 Å². The van der Waals surface area contributed by atoms with E-state index >= 15 is 0 Å². The van der Waals surface area contributed by atoms with E-state index in [4.69, 9.17) is 4.74 Å². The van der Waals surface area contributed by atoms with Crippen molar-refractivity contribution in [2.45, 2.75) is 70.9 Å². The molecule has 102 valence electrons. The van der Waals surface area contributed by atoms with Gasteiger partial charge in [0.25, 0.3) is 0 Å². The number of carbonyl (C=O) groups is 2. The van der Waals surface area contributed by atoms with Crippen molar-refractivity contribution in [2.24, 2.45) is 5.41 Å². The minimum Gasteiger partial charge on any atom is -0.444 e. The minimum atomic E-state index is -0.477. The van der Waals surface area contributed by atoms with Crippen molar-refractivity contribution in [1.82, 2.24) is 5.32 Å². The van der Waals surface area contributed by atoms with Crippen LogP contribution in [0.5, 0.6) is 0 Å². The number of ketones is 1. The van der Waals surface area contributed by atoms with Crippen LogP contribution in [-0.2, 0) is 9.53 Å². The van der Waals surface area contributed by atoms with Crippen molar-refractivity contribution < 1.29 is 14.3 Å². The van der Waals surface area contributed by atoms with Crippen LogP contribution in [0.25, 0.3) is 0 Å². The maximum absolute atomic E-state index is 11.9. The van der Waals surface area contributed by atoms with Gasteiger partial charge < -0.3 is 10.1 Å². The molecule has 2 rings (SSSR count). The first-order valence-corrected chi connectivity index (χ1v) is 6.69. The number of nitrogens with one attached hydrogen (secondary N) is 1. The highest BCUT2D eigenvalue weighted by Gasteiger charge is 2.57. The number of fused-ring (bicyclic) bond motifs is 2. The van der Waals surface area contributed by atoms with E-state index in [-0.39, 0.29) is 22.8 Å². The molecule has 2 aliphatic carbocycles. The maximum atomic E-state index is 11.9. The first kappa shape index (κ1) is 13.4. The van der Waals surface area contributed by atoms with Gasteiger partial charge in [0.2, 0.25) is 0 Å². The van der Waals surface area contributed by atoms with E-state index in [0.29, 0.717) is 0 Å². The fourth-order valence-corrected chi connectivity index (χ4v) is 3.37. The molecule has 4 heteroatoms. The van der Waals surface area contributed by atoms with Crippen LogP contribution in [0, 0.1) is 5.41 Å². The van der Waals surface area contributed by atoms with Gasteiger partial charge in [0, 0.05) is 11.0 Å². The molecule has 18 heavy (non-hydrogen) atoms. The summed E-state index contributed by atoms with van der Waals surface area (Å²) in [5.41, 5.74) is -0.849. The molecule has 2 saturated carbocycles. The van der Waals surface area contributed by atoms with E-state index in [2.05, 4.69) is 5.32 Å². The Bertz CT molecular complexity index is 373. The summed E-state index contributed by atoms with van der Waals surface area (Å²) in [6.45, 7) is 7.24. The van der Waals surface area contributed by atoms with Gasteiger partial charge in [-0.15, -0.1) is 0 Å². The molecule has 2 bridgehead atoms. The molecule has 0 spiro atoms. The van der Waals surface area contributed by atoms with Gasteiger partial charge >= 0.3 is 6.09 Å². The number of carbonyl (C=O) groups excluding carboxylic acids is 2. The number of ether oxygens (including phenoxy) is 1. The second kappa shape index (κ2) is 3.97. The Balaban J connectivity index is 2.00. The highest BCUT2D eigenvalue weighted by Crippen LogP contribution is 2.56. The standard InChI is InChI=1S/C14H23NO3/c1-10(16)13-5-7-14(9-13,8-6-13)15-11(17)18-12(2,3)4/h5-9H2,1-4H3,(H,15,17). The van der Waals surface area contributed by atoms with Crippen molar-refractivity contribution in [3.63, 3.8) is 0 Å². The monoisotopic (exact) mass is 253 g/mol. The van der Waals surface area contributed by atoms with Gasteiger partial charge in [-0.3, -0.25) is 4.79 Å². The summed E-state index contributed by atoms with van der Waals surface area (Å²) < 4.78 is 5.30. The van der Waals surface area contributed by atoms with E-state index < -0.39 is 5.60 Å². The third-order valence-corrected chi connectivity index (χ3v) is 4.35. The van der Waals surface area contributed by atoms with Crippen molar-refractivity contribution in [3.05, 3.63) is 0 Å². The van der Waals surface area contributed by atoms with E-state index in [9.17, 15) is 9.59 Å². The Morgan fingerprint density at radius 3 is 2.06 bits per heavy atom. The van der Waals surface area contributed by atoms with Gasteiger partial charge in [-0.25, -0.2) is 4.79 Å². The highest BCUT2D eigenvalue weighted by atomic mass is 16.6. The summed E-state index contributed by atoms with van der Waals surface area (Å²) in [5, 5.41) is 3.01. The Hall–Kier alpha value is -1.06. The number of rotatable bonds is 2. The fourth-order valence-electron chi connectivity index (χ4n) is 3.37. The molecule has 0 unspecified atom stereocenters. The molecule has 0 saturated heterocycles. The average molecular weight is 253 g/mol. The SMILES string of the molecule is CC(=O)C12CCC(NC(=O)OC(C)(C)C)(CC1)C2. The average Bonchev–Trinajstić information content (AvgIpc) is 2.70. The van der Waals surface area contributed by atoms with E-state index in [1.807, 2.05) is 20.8 Å². The lowest BCUT2D eigenvalue weighted by molar-refractivity contribution is -0.126. The van der Waals surface area contributed by atoms with Crippen LogP contribution in [0.1, 0.15) is 59.8 Å². The Morgan fingerprint density at radius 2 is 1.67 bits per heavy atom. The van der Waals surface area contributed by atoms with Gasteiger partial charge in [-0.1, -0.05) is 0 Å². The molecule has 0 atom stereocenters. The van der Waals surface area contributed by atoms with Crippen molar-refractivity contribution in [2.75, 3.05) is 0 Å². The van der Waals surface area contributed by atoms with Gasteiger partial charge in [-0.05, 0) is 59.8 Å². The number of amides is 1. The van der Waals surface area contributed by atoms with Crippen LogP contribution in [0.4, 0.5) is 4.79 Å². The third kappa shape index (κ3) is 2.38. The largest absolute Gasteiger partial charge is 0.444 e. The van der Waals surface area contributed by atoms with Crippen LogP contribution >= 0.6 is 0 Å². The van der Waals surface area contributed by atoms with E-state index in [1.54, 1.807) is 6.92 Å². The normalized spacial score (nSPS) is 34.4. The molecule has 1 N–H and O–H groups in total. The molecule has 0 aromatic carbocycles. The summed E-state index contributed by atoms with van der Waals surface area (Å²) in [7, 11) is 0. The Labute approximate surface area is 108 Å². The lowest BCUT2D eigenvalue weighted by Crippen LogP contribution is -2.47. The van der Waals surface area contributed by atoms with Gasteiger partial charge in [0.05, 0.1) is 0 Å². The molecule has 0 aromatic rings. The topological polar surface area (TPSA) is 55.4 Å². The number of hydrogen-bond acceptors (Lipinski definition) is 3. The van der Waals surface area contributed by atoms with Crippen LogP contribution in [0.15, 0.2) is 0 Å². The predicted octanol–water partition coefficient (Wildman–Crippen LogP) is 2.80. The van der Waals surface area contributed by atoms with Crippen molar-refractivity contribution in [1.29, 1.82) is 0 Å². The molecule has 0 heterocycles. The Morgan fingerprint density at radius 1 is 1.11 bits per heavy atom. The predicted molar refractivity (Wildman–Crippen MR) is 68.3 cm³/mol. The molecular weight excluding hydrogens is 230 g/mol. The molecule has 1 amide bonds. The maximum Gasteiger partial charge on any atom is 0.408 e. The summed E-state index contributed by atoms with van der Waals surface area (Å²) in [4.78, 5) is 23.6. The molecule has 0 aliphatic heterocycles. The Kier molecular flexibility index (Phi) is 2.95. The molecule has 2 fully saturated rings. The first-order valence-electron chi connectivity index (χ1n) is 6.69. The summed E-state index contributed by atoms with van der Waals surface area (Å²) in [5.74, 6) is 0.271. The molecular formula is C14H23NO3. The lowest BCUT2D eigenvalue weighted by atomic mass is 9.81. The summed E-state index contributed by atoms with van der Waals surface area (Å²) in [6.07, 6.45) is 4.02. The first-order chi connectivity index (χ1) is 8.17. The molecule has 2 aliphatic rings. The zero-order chi connectivity index (χ0) is 13.6.